The van der Waals surface area contributed by atoms with Gasteiger partial charge in [0.2, 0.25) is 4.77 Å². The van der Waals surface area contributed by atoms with Gasteiger partial charge in [0.1, 0.15) is 5.82 Å². The average molecular weight is 358 g/mol. The highest BCUT2D eigenvalue weighted by atomic mass is 32.1. The topological polar surface area (TPSA) is 55.3 Å². The number of hydrogen-bond acceptors (Lipinski definition) is 5. The Morgan fingerprint density at radius 2 is 1.84 bits per heavy atom. The monoisotopic (exact) mass is 358 g/mol. The molecule has 6 nitrogen and oxygen atoms in total. The van der Waals surface area contributed by atoms with Crippen LogP contribution in [0.2, 0.25) is 0 Å². The first-order valence-corrected chi connectivity index (χ1v) is 9.04. The lowest BCUT2D eigenvalue weighted by Crippen LogP contribution is -2.45. The van der Waals surface area contributed by atoms with Crippen LogP contribution in [-0.4, -0.2) is 51.8 Å². The molecule has 0 radical (unpaired) electrons. The Bertz CT molecular complexity index is 783. The summed E-state index contributed by atoms with van der Waals surface area (Å²) in [6.07, 6.45) is 5.77. The molecule has 0 saturated carbocycles. The zero-order valence-corrected chi connectivity index (χ0v) is 14.9. The number of nitrogens with zero attached hydrogens (tertiary/aromatic N) is 3. The molecule has 2 fully saturated rings. The van der Waals surface area contributed by atoms with Crippen LogP contribution in [-0.2, 0) is 16.1 Å². The molecule has 0 amide bonds. The highest BCUT2D eigenvalue weighted by Gasteiger charge is 2.39. The number of benzene rings is 1. The molecule has 0 unspecified atom stereocenters. The van der Waals surface area contributed by atoms with Crippen molar-refractivity contribution in [2.75, 3.05) is 26.3 Å². The fourth-order valence-corrected chi connectivity index (χ4v) is 3.51. The van der Waals surface area contributed by atoms with E-state index in [1.807, 2.05) is 35.0 Å². The van der Waals surface area contributed by atoms with Crippen molar-refractivity contribution in [3.05, 3.63) is 46.5 Å². The molecule has 3 heterocycles. The van der Waals surface area contributed by atoms with Crippen LogP contribution in [0.25, 0.3) is 12.2 Å². The summed E-state index contributed by atoms with van der Waals surface area (Å²) in [4.78, 5) is 6.76. The highest BCUT2D eigenvalue weighted by Crippen LogP contribution is 2.31. The quantitative estimate of drug-likeness (QED) is 0.852. The molecular formula is C18H22N4O2S. The third-order valence-electron chi connectivity index (χ3n) is 4.70. The van der Waals surface area contributed by atoms with Gasteiger partial charge in [0.25, 0.3) is 0 Å². The Hall–Kier alpha value is -1.80. The van der Waals surface area contributed by atoms with Crippen LogP contribution < -0.4 is 0 Å². The number of piperidine rings is 1. The van der Waals surface area contributed by atoms with Gasteiger partial charge in [-0.15, -0.1) is 0 Å². The molecule has 1 spiro atoms. The van der Waals surface area contributed by atoms with E-state index >= 15 is 0 Å². The second-order valence-electron chi connectivity index (χ2n) is 6.43. The van der Waals surface area contributed by atoms with Crippen molar-refractivity contribution in [3.63, 3.8) is 0 Å². The Labute approximate surface area is 152 Å². The summed E-state index contributed by atoms with van der Waals surface area (Å²) in [5, 5.41) is 3.27. The minimum absolute atomic E-state index is 0.338. The molecule has 0 bridgehead atoms. The molecule has 4 rings (SSSR count). The number of H-pyrrole nitrogens is 1. The highest BCUT2D eigenvalue weighted by molar-refractivity contribution is 7.71. The van der Waals surface area contributed by atoms with Gasteiger partial charge in [-0.2, -0.15) is 4.98 Å². The second kappa shape index (κ2) is 7.21. The first kappa shape index (κ1) is 16.7. The van der Waals surface area contributed by atoms with E-state index in [-0.39, 0.29) is 5.79 Å². The maximum Gasteiger partial charge on any atom is 0.217 e. The summed E-state index contributed by atoms with van der Waals surface area (Å²) >= 11 is 5.38. The molecule has 1 N–H and O–H groups in total. The lowest BCUT2D eigenvalue weighted by Gasteiger charge is -2.37. The van der Waals surface area contributed by atoms with Crippen LogP contribution in [0.3, 0.4) is 0 Å². The first-order chi connectivity index (χ1) is 12.2. The SMILES string of the molecule is S=c1nc(/C=C/c2ccccc2)[nH]n1CN1CCC2(CC1)OCCO2. The third-order valence-corrected chi connectivity index (χ3v) is 5.01. The normalized spacial score (nSPS) is 20.6. The largest absolute Gasteiger partial charge is 0.347 e. The molecule has 2 aliphatic heterocycles. The summed E-state index contributed by atoms with van der Waals surface area (Å²) < 4.78 is 14.0. The number of nitrogens with one attached hydrogen (secondary N) is 1. The van der Waals surface area contributed by atoms with Gasteiger partial charge in [-0.05, 0) is 23.9 Å². The van der Waals surface area contributed by atoms with Crippen molar-refractivity contribution in [3.8, 4) is 0 Å². The fraction of sp³-hybridized carbons (Fsp3) is 0.444. The van der Waals surface area contributed by atoms with E-state index in [1.165, 1.54) is 0 Å². The Kier molecular flexibility index (Phi) is 4.80. The standard InChI is InChI=1S/C18H22N4O2S/c25-17-19-16(7-6-15-4-2-1-3-5-15)20-22(17)14-21-10-8-18(9-11-21)23-12-13-24-18/h1-7H,8-14H2,(H,19,20,25)/b7-6+. The van der Waals surface area contributed by atoms with E-state index in [2.05, 4.69) is 27.1 Å². The van der Waals surface area contributed by atoms with Gasteiger partial charge in [-0.25, -0.2) is 4.68 Å². The molecule has 2 saturated heterocycles. The molecular weight excluding hydrogens is 336 g/mol. The van der Waals surface area contributed by atoms with Crippen molar-refractivity contribution in [1.29, 1.82) is 0 Å². The van der Waals surface area contributed by atoms with E-state index in [4.69, 9.17) is 21.7 Å². The van der Waals surface area contributed by atoms with E-state index in [0.29, 0.717) is 24.7 Å². The molecule has 1 aromatic heterocycles. The molecule has 132 valence electrons. The van der Waals surface area contributed by atoms with Crippen molar-refractivity contribution in [2.45, 2.75) is 25.3 Å². The number of ether oxygens (including phenoxy) is 2. The molecule has 0 aliphatic carbocycles. The second-order valence-corrected chi connectivity index (χ2v) is 6.80. The molecule has 7 heteroatoms. The fourth-order valence-electron chi connectivity index (χ4n) is 3.31. The lowest BCUT2D eigenvalue weighted by atomic mass is 10.0. The third kappa shape index (κ3) is 3.90. The molecule has 25 heavy (non-hydrogen) atoms. The van der Waals surface area contributed by atoms with E-state index in [1.54, 1.807) is 0 Å². The average Bonchev–Trinajstić information content (AvgIpc) is 3.23. The van der Waals surface area contributed by atoms with E-state index in [0.717, 1.165) is 37.3 Å². The van der Waals surface area contributed by atoms with Crippen molar-refractivity contribution < 1.29 is 9.47 Å². The number of rotatable bonds is 4. The summed E-state index contributed by atoms with van der Waals surface area (Å²) in [5.41, 5.74) is 1.13. The number of likely N-dealkylation sites (tertiary alicyclic amines) is 1. The maximum atomic E-state index is 5.78. The summed E-state index contributed by atoms with van der Waals surface area (Å²) in [5.74, 6) is 0.431. The zero-order chi connectivity index (χ0) is 17.1. The Morgan fingerprint density at radius 3 is 2.56 bits per heavy atom. The van der Waals surface area contributed by atoms with Gasteiger partial charge >= 0.3 is 0 Å². The van der Waals surface area contributed by atoms with Gasteiger partial charge in [-0.1, -0.05) is 36.4 Å². The summed E-state index contributed by atoms with van der Waals surface area (Å²) in [6, 6.07) is 10.1. The van der Waals surface area contributed by atoms with Gasteiger partial charge in [0.05, 0.1) is 19.9 Å². The van der Waals surface area contributed by atoms with Crippen LogP contribution in [0.5, 0.6) is 0 Å². The zero-order valence-electron chi connectivity index (χ0n) is 14.1. The minimum atomic E-state index is -0.338. The van der Waals surface area contributed by atoms with Crippen molar-refractivity contribution >= 4 is 24.4 Å². The Morgan fingerprint density at radius 1 is 1.12 bits per heavy atom. The molecule has 2 aromatic rings. The smallest absolute Gasteiger partial charge is 0.217 e. The van der Waals surface area contributed by atoms with Gasteiger partial charge in [0.15, 0.2) is 5.79 Å². The minimum Gasteiger partial charge on any atom is -0.347 e. The maximum absolute atomic E-state index is 5.78. The van der Waals surface area contributed by atoms with Crippen LogP contribution in [0.15, 0.2) is 30.3 Å². The van der Waals surface area contributed by atoms with Gasteiger partial charge < -0.3 is 9.47 Å². The number of aromatic nitrogens is 3. The van der Waals surface area contributed by atoms with Gasteiger partial charge in [-0.3, -0.25) is 10.00 Å². The van der Waals surface area contributed by atoms with Crippen LogP contribution >= 0.6 is 12.2 Å². The molecule has 2 aliphatic rings. The van der Waals surface area contributed by atoms with Crippen LogP contribution in [0, 0.1) is 4.77 Å². The molecule has 1 aromatic carbocycles. The molecule has 0 atom stereocenters. The lowest BCUT2D eigenvalue weighted by molar-refractivity contribution is -0.187. The number of hydrogen-bond donors (Lipinski definition) is 1. The van der Waals surface area contributed by atoms with Crippen LogP contribution in [0.1, 0.15) is 24.2 Å². The number of aromatic amines is 1. The van der Waals surface area contributed by atoms with E-state index in [9.17, 15) is 0 Å². The first-order valence-electron chi connectivity index (χ1n) is 8.63. The summed E-state index contributed by atoms with van der Waals surface area (Å²) in [7, 11) is 0. The van der Waals surface area contributed by atoms with E-state index < -0.39 is 0 Å². The predicted octanol–water partition coefficient (Wildman–Crippen LogP) is 2.91. The summed E-state index contributed by atoms with van der Waals surface area (Å²) in [6.45, 7) is 3.98. The Balaban J connectivity index is 1.38. The van der Waals surface area contributed by atoms with Crippen molar-refractivity contribution in [1.82, 2.24) is 19.7 Å². The predicted molar refractivity (Wildman–Crippen MR) is 98.2 cm³/mol. The van der Waals surface area contributed by atoms with Gasteiger partial charge in [0, 0.05) is 25.9 Å². The van der Waals surface area contributed by atoms with Crippen molar-refractivity contribution in [2.24, 2.45) is 0 Å². The van der Waals surface area contributed by atoms with Crippen LogP contribution in [0.4, 0.5) is 0 Å².